The Kier molecular flexibility index (Phi) is 17.2. The summed E-state index contributed by atoms with van der Waals surface area (Å²) in [5.74, 6) is -0.506. The lowest BCUT2D eigenvalue weighted by atomic mass is 9.49. The number of aromatic nitrogens is 1. The van der Waals surface area contributed by atoms with Gasteiger partial charge in [-0.3, -0.25) is 19.2 Å². The average molecular weight is 983 g/mol. The number of halogens is 1. The Morgan fingerprint density at radius 2 is 1.68 bits per heavy atom. The van der Waals surface area contributed by atoms with E-state index in [2.05, 4.69) is 73.9 Å². The smallest absolute Gasteiger partial charge is 0.251 e. The number of carbonyl (C=O) groups excluding carboxylic acids is 4. The lowest BCUT2D eigenvalue weighted by Crippen LogP contribution is -2.74. The van der Waals surface area contributed by atoms with Crippen LogP contribution in [0.4, 0.5) is 5.69 Å². The number of amides is 4. The van der Waals surface area contributed by atoms with Crippen molar-refractivity contribution in [3.63, 3.8) is 0 Å². The summed E-state index contributed by atoms with van der Waals surface area (Å²) in [6.07, 6.45) is 1.47. The number of aliphatic hydroxyl groups is 1. The summed E-state index contributed by atoms with van der Waals surface area (Å²) in [4.78, 5) is 61.0. The van der Waals surface area contributed by atoms with E-state index in [-0.39, 0.29) is 60.9 Å². The maximum atomic E-state index is 14.0. The highest BCUT2D eigenvalue weighted by molar-refractivity contribution is 7.13. The minimum Gasteiger partial charge on any atom is -0.489 e. The zero-order valence-electron chi connectivity index (χ0n) is 41.3. The molecular weight excluding hydrogens is 914 g/mol. The molecule has 2 aliphatic rings. The van der Waals surface area contributed by atoms with Gasteiger partial charge < -0.3 is 40.7 Å². The van der Waals surface area contributed by atoms with Gasteiger partial charge in [-0.25, -0.2) is 4.98 Å². The van der Waals surface area contributed by atoms with Crippen LogP contribution in [-0.2, 0) is 25.7 Å². The van der Waals surface area contributed by atoms with E-state index >= 15 is 0 Å². The molecular formula is C53H68ClN7O7S. The van der Waals surface area contributed by atoms with E-state index in [0.29, 0.717) is 41.0 Å². The number of hydrogen-bond donors (Lipinski definition) is 5. The third kappa shape index (κ3) is 12.8. The number of rotatable bonds is 20. The zero-order chi connectivity index (χ0) is 50.3. The molecule has 1 saturated heterocycles. The van der Waals surface area contributed by atoms with Gasteiger partial charge in [-0.15, -0.1) is 11.3 Å². The van der Waals surface area contributed by atoms with Gasteiger partial charge >= 0.3 is 0 Å². The van der Waals surface area contributed by atoms with Crippen molar-refractivity contribution >= 4 is 52.3 Å². The Hall–Kier alpha value is -5.53. The largest absolute Gasteiger partial charge is 0.489 e. The number of unbranched alkanes of at least 4 members (excludes halogenated alkanes) is 2. The van der Waals surface area contributed by atoms with Gasteiger partial charge in [0.1, 0.15) is 36.6 Å². The number of nitrogens with one attached hydrogen (secondary N) is 4. The molecule has 0 unspecified atom stereocenters. The van der Waals surface area contributed by atoms with Crippen molar-refractivity contribution in [3.8, 4) is 22.3 Å². The van der Waals surface area contributed by atoms with Crippen LogP contribution < -0.4 is 26.0 Å². The summed E-state index contributed by atoms with van der Waals surface area (Å²) >= 11 is 7.84. The number of carbonyl (C=O) groups is 4. The Bertz CT molecular complexity index is 2460. The van der Waals surface area contributed by atoms with Gasteiger partial charge in [-0.1, -0.05) is 98.2 Å². The maximum absolute atomic E-state index is 14.0. The van der Waals surface area contributed by atoms with Crippen molar-refractivity contribution < 1.29 is 33.8 Å². The molecule has 14 nitrogen and oxygen atoms in total. The van der Waals surface area contributed by atoms with Crippen molar-refractivity contribution in [1.29, 1.82) is 5.26 Å². The summed E-state index contributed by atoms with van der Waals surface area (Å²) in [5, 5.41) is 32.6. The number of nitrogens with zero attached hydrogens (tertiary/aromatic N) is 3. The monoisotopic (exact) mass is 981 g/mol. The molecule has 1 aliphatic carbocycles. The second-order valence-electron chi connectivity index (χ2n) is 20.8. The van der Waals surface area contributed by atoms with Crippen LogP contribution in [-0.4, -0.2) is 95.3 Å². The molecule has 6 rings (SSSR count). The van der Waals surface area contributed by atoms with Crippen LogP contribution in [0.25, 0.3) is 10.4 Å². The van der Waals surface area contributed by atoms with E-state index in [1.165, 1.54) is 4.90 Å². The van der Waals surface area contributed by atoms with Crippen LogP contribution in [0, 0.1) is 27.6 Å². The van der Waals surface area contributed by atoms with Crippen LogP contribution >= 0.6 is 22.9 Å². The summed E-state index contributed by atoms with van der Waals surface area (Å²) in [5.41, 5.74) is 5.27. The second-order valence-corrected chi connectivity index (χ2v) is 22.1. The third-order valence-electron chi connectivity index (χ3n) is 13.2. The zero-order valence-corrected chi connectivity index (χ0v) is 42.9. The van der Waals surface area contributed by atoms with Crippen LogP contribution in [0.15, 0.2) is 72.2 Å². The maximum Gasteiger partial charge on any atom is 0.251 e. The number of nitriles is 1. The number of β-amino-alcohol motifs (C(OH)–C–C–N with tert-alkyl or cyclic N) is 1. The number of thiazole rings is 1. The number of benzene rings is 3. The summed E-state index contributed by atoms with van der Waals surface area (Å²) in [7, 11) is 0. The summed E-state index contributed by atoms with van der Waals surface area (Å²) in [6, 6.07) is 20.5. The van der Waals surface area contributed by atoms with Crippen molar-refractivity contribution in [1.82, 2.24) is 25.8 Å². The van der Waals surface area contributed by atoms with E-state index in [1.807, 2.05) is 62.7 Å². The van der Waals surface area contributed by atoms with E-state index in [4.69, 9.17) is 21.1 Å². The highest BCUT2D eigenvalue weighted by atomic mass is 35.5. The van der Waals surface area contributed by atoms with Crippen molar-refractivity contribution in [2.75, 3.05) is 31.6 Å². The number of anilines is 1. The predicted octanol–water partition coefficient (Wildman–Crippen LogP) is 8.48. The van der Waals surface area contributed by atoms with Crippen LogP contribution in [0.3, 0.4) is 0 Å². The second kappa shape index (κ2) is 22.5. The lowest BCUT2D eigenvalue weighted by molar-refractivity contribution is -0.164. The fraction of sp³-hybridized carbons (Fsp3) is 0.509. The van der Waals surface area contributed by atoms with Crippen molar-refractivity contribution in [2.45, 2.75) is 131 Å². The third-order valence-corrected chi connectivity index (χ3v) is 14.4. The minimum absolute atomic E-state index is 0.00907. The Morgan fingerprint density at radius 3 is 2.32 bits per heavy atom. The minimum atomic E-state index is -0.948. The average Bonchev–Trinajstić information content (AvgIpc) is 3.96. The van der Waals surface area contributed by atoms with Gasteiger partial charge in [0.2, 0.25) is 17.7 Å². The SMILES string of the molecule is CC(C)c1ncsc1-c1ccc(CNC(=O)[C@@H]2C[C@@H](O)CN2C(=O)[C@@H](NC(=O)COCCCCCNc2ccc(C(=O)NC3C(C)(C)C(Oc4ccc(C#N)c(Cl)c4)C3(C)C)cc2)C(C)(C)C)cc1. The van der Waals surface area contributed by atoms with Crippen LogP contribution in [0.5, 0.6) is 5.75 Å². The highest BCUT2D eigenvalue weighted by Gasteiger charge is 2.64. The first kappa shape index (κ1) is 52.8. The van der Waals surface area contributed by atoms with Crippen LogP contribution in [0.1, 0.15) is 121 Å². The van der Waals surface area contributed by atoms with E-state index in [0.717, 1.165) is 46.6 Å². The Labute approximate surface area is 415 Å². The first-order valence-electron chi connectivity index (χ1n) is 23.8. The quantitative estimate of drug-likeness (QED) is 0.0536. The number of likely N-dealkylation sites (tertiary alicyclic amines) is 1. The fourth-order valence-corrected chi connectivity index (χ4v) is 10.9. The van der Waals surface area contributed by atoms with Crippen molar-refractivity contribution in [2.24, 2.45) is 16.2 Å². The molecule has 1 aliphatic heterocycles. The Morgan fingerprint density at radius 1 is 0.986 bits per heavy atom. The topological polar surface area (TPSA) is 195 Å². The van der Waals surface area contributed by atoms with E-state index < -0.39 is 35.4 Å². The summed E-state index contributed by atoms with van der Waals surface area (Å²) in [6.45, 7) is 19.2. The van der Waals surface area contributed by atoms with E-state index in [1.54, 1.807) is 41.7 Å². The molecule has 16 heteroatoms. The van der Waals surface area contributed by atoms with Gasteiger partial charge in [0, 0.05) is 66.9 Å². The molecule has 0 radical (unpaired) electrons. The molecule has 5 N–H and O–H groups in total. The molecule has 0 spiro atoms. The molecule has 1 aromatic heterocycles. The molecule has 3 atom stereocenters. The molecule has 0 bridgehead atoms. The van der Waals surface area contributed by atoms with Gasteiger partial charge in [0.05, 0.1) is 32.8 Å². The summed E-state index contributed by atoms with van der Waals surface area (Å²) < 4.78 is 12.1. The Balaban J connectivity index is 0.882. The van der Waals surface area contributed by atoms with Crippen LogP contribution in [0.2, 0.25) is 5.02 Å². The highest BCUT2D eigenvalue weighted by Crippen LogP contribution is 2.55. The standard InChI is InChI=1S/C53H68ClN7O7S/c1-32(2)43-44(69-31-58-43)34-15-13-33(14-16-34)28-57-47(65)41-25-38(62)29-61(41)48(66)45(51(3,4)5)59-42(63)30-67-24-12-10-11-23-56-37-20-17-35(18-21-37)46(64)60-49-52(6,7)50(53(49,8)9)68-39-22-19-36(27-55)40(54)26-39/h13-22,26,31-32,38,41,45,49-50,56,62H,10-12,23-25,28-30H2,1-9H3,(H,57,65)(H,59,63)(H,60,64)/t38-,41+,45-,49?,50?/m1/s1. The molecule has 4 aromatic rings. The number of ether oxygens (including phenoxy) is 2. The van der Waals surface area contributed by atoms with E-state index in [9.17, 15) is 29.5 Å². The molecule has 4 amide bonds. The van der Waals surface area contributed by atoms with Crippen molar-refractivity contribution in [3.05, 3.63) is 99.6 Å². The molecule has 3 aromatic carbocycles. The first-order chi connectivity index (χ1) is 32.6. The molecule has 370 valence electrons. The lowest BCUT2D eigenvalue weighted by Gasteiger charge is -2.63. The van der Waals surface area contributed by atoms with Gasteiger partial charge in [-0.05, 0) is 78.1 Å². The van der Waals surface area contributed by atoms with Gasteiger partial charge in [0.15, 0.2) is 0 Å². The predicted molar refractivity (Wildman–Crippen MR) is 270 cm³/mol. The van der Waals surface area contributed by atoms with Gasteiger partial charge in [-0.2, -0.15) is 5.26 Å². The molecule has 2 fully saturated rings. The first-order valence-corrected chi connectivity index (χ1v) is 25.0. The number of aliphatic hydroxyl groups excluding tert-OH is 1. The fourth-order valence-electron chi connectivity index (χ4n) is 9.74. The molecule has 2 heterocycles. The normalized spacial score (nSPS) is 19.8. The number of hydrogen-bond acceptors (Lipinski definition) is 11. The molecule has 1 saturated carbocycles. The van der Waals surface area contributed by atoms with Gasteiger partial charge in [0.25, 0.3) is 5.91 Å². The molecule has 69 heavy (non-hydrogen) atoms.